The molecule has 7 heteroatoms. The zero-order valence-electron chi connectivity index (χ0n) is 8.91. The van der Waals surface area contributed by atoms with Gasteiger partial charge in [-0.15, -0.1) is 0 Å². The summed E-state index contributed by atoms with van der Waals surface area (Å²) in [6.07, 6.45) is -2.86. The number of nitrogens with zero attached hydrogens (tertiary/aromatic N) is 2. The van der Waals surface area contributed by atoms with Gasteiger partial charge in [-0.2, -0.15) is 5.26 Å². The van der Waals surface area contributed by atoms with E-state index in [2.05, 4.69) is 9.72 Å². The fraction of sp³-hybridized carbons (Fsp3) is 0.300. The Hall–Kier alpha value is -2.23. The van der Waals surface area contributed by atoms with Gasteiger partial charge in [0.1, 0.15) is 11.9 Å². The number of nitriles is 1. The van der Waals surface area contributed by atoms with Crippen molar-refractivity contribution in [2.75, 3.05) is 12.3 Å². The van der Waals surface area contributed by atoms with E-state index in [1.807, 2.05) is 0 Å². The fourth-order valence-electron chi connectivity index (χ4n) is 1.16. The van der Waals surface area contributed by atoms with Crippen LogP contribution in [0.3, 0.4) is 0 Å². The third-order valence-electron chi connectivity index (χ3n) is 1.91. The molecule has 0 atom stereocenters. The molecule has 0 radical (unpaired) electrons. The van der Waals surface area contributed by atoms with Gasteiger partial charge in [-0.3, -0.25) is 0 Å². The molecule has 5 nitrogen and oxygen atoms in total. The molecule has 0 saturated carbocycles. The van der Waals surface area contributed by atoms with Crippen molar-refractivity contribution >= 4 is 11.8 Å². The molecular formula is C10H9F2N3O2. The van der Waals surface area contributed by atoms with Crippen LogP contribution in [0.2, 0.25) is 0 Å². The second-order valence-electron chi connectivity index (χ2n) is 2.99. The number of nitrogen functional groups attached to an aromatic ring is 1. The summed E-state index contributed by atoms with van der Waals surface area (Å²) in [6.45, 7) is 1.66. The predicted octanol–water partition coefficient (Wildman–Crippen LogP) is 1.65. The molecule has 17 heavy (non-hydrogen) atoms. The molecular weight excluding hydrogens is 232 g/mol. The molecule has 0 unspecified atom stereocenters. The van der Waals surface area contributed by atoms with Crippen molar-refractivity contribution in [3.05, 3.63) is 22.9 Å². The number of ether oxygens (including phenoxy) is 1. The Morgan fingerprint density at radius 3 is 2.82 bits per heavy atom. The highest BCUT2D eigenvalue weighted by molar-refractivity contribution is 5.90. The Morgan fingerprint density at radius 1 is 1.71 bits per heavy atom. The Morgan fingerprint density at radius 2 is 2.35 bits per heavy atom. The minimum Gasteiger partial charge on any atom is -0.461 e. The van der Waals surface area contributed by atoms with E-state index in [-0.39, 0.29) is 17.9 Å². The first-order valence-electron chi connectivity index (χ1n) is 4.67. The lowest BCUT2D eigenvalue weighted by Gasteiger charge is -2.08. The zero-order chi connectivity index (χ0) is 13.0. The highest BCUT2D eigenvalue weighted by Gasteiger charge is 2.21. The number of carbonyl (C=O) groups is 1. The molecule has 2 N–H and O–H groups in total. The number of pyridine rings is 1. The van der Waals surface area contributed by atoms with Gasteiger partial charge >= 0.3 is 5.97 Å². The summed E-state index contributed by atoms with van der Waals surface area (Å²) < 4.78 is 29.6. The quantitative estimate of drug-likeness (QED) is 0.812. The Balaban J connectivity index is 3.30. The standard InChI is InChI=1S/C10H9F2N3O2/c1-2-17-10(16)7-5(4-13)3-6(8(11)12)9(14)15-7/h3,8H,2H2,1H3,(H2,14,15). The number of aromatic nitrogens is 1. The number of esters is 1. The van der Waals surface area contributed by atoms with E-state index in [1.165, 1.54) is 0 Å². The number of hydrogen-bond donors (Lipinski definition) is 1. The SMILES string of the molecule is CCOC(=O)c1nc(N)c(C(F)F)cc1C#N. The van der Waals surface area contributed by atoms with Gasteiger partial charge in [-0.25, -0.2) is 18.6 Å². The van der Waals surface area contributed by atoms with E-state index >= 15 is 0 Å². The van der Waals surface area contributed by atoms with Crippen LogP contribution >= 0.6 is 0 Å². The molecule has 0 saturated heterocycles. The molecule has 0 spiro atoms. The lowest BCUT2D eigenvalue weighted by molar-refractivity contribution is 0.0518. The monoisotopic (exact) mass is 241 g/mol. The summed E-state index contributed by atoms with van der Waals surface area (Å²) in [7, 11) is 0. The van der Waals surface area contributed by atoms with Gasteiger partial charge in [0.05, 0.1) is 17.7 Å². The molecule has 90 valence electrons. The van der Waals surface area contributed by atoms with Crippen LogP contribution in [0, 0.1) is 11.3 Å². The van der Waals surface area contributed by atoms with Crippen molar-refractivity contribution in [2.24, 2.45) is 0 Å². The van der Waals surface area contributed by atoms with Gasteiger partial charge < -0.3 is 10.5 Å². The first kappa shape index (κ1) is 12.8. The van der Waals surface area contributed by atoms with Crippen molar-refractivity contribution in [2.45, 2.75) is 13.3 Å². The second-order valence-corrected chi connectivity index (χ2v) is 2.99. The van der Waals surface area contributed by atoms with Gasteiger partial charge in [0.25, 0.3) is 6.43 Å². The number of carbonyl (C=O) groups excluding carboxylic acids is 1. The van der Waals surface area contributed by atoms with Crippen molar-refractivity contribution in [1.29, 1.82) is 5.26 Å². The van der Waals surface area contributed by atoms with E-state index < -0.39 is 23.8 Å². The van der Waals surface area contributed by atoms with E-state index in [4.69, 9.17) is 11.0 Å². The normalized spacial score (nSPS) is 10.1. The average Bonchev–Trinajstić information content (AvgIpc) is 2.28. The van der Waals surface area contributed by atoms with E-state index in [0.717, 1.165) is 6.07 Å². The summed E-state index contributed by atoms with van der Waals surface area (Å²) in [5, 5.41) is 8.75. The Labute approximate surface area is 95.8 Å². The van der Waals surface area contributed by atoms with E-state index in [0.29, 0.717) is 0 Å². The van der Waals surface area contributed by atoms with Crippen LogP contribution < -0.4 is 5.73 Å². The fourth-order valence-corrected chi connectivity index (χ4v) is 1.16. The molecule has 0 amide bonds. The molecule has 1 heterocycles. The van der Waals surface area contributed by atoms with Crippen molar-refractivity contribution in [3.8, 4) is 6.07 Å². The molecule has 0 aromatic carbocycles. The molecule has 0 aliphatic rings. The van der Waals surface area contributed by atoms with Crippen LogP contribution in [0.1, 0.15) is 35.0 Å². The van der Waals surface area contributed by atoms with E-state index in [9.17, 15) is 13.6 Å². The first-order chi connectivity index (χ1) is 8.01. The highest BCUT2D eigenvalue weighted by atomic mass is 19.3. The Kier molecular flexibility index (Phi) is 3.93. The third kappa shape index (κ3) is 2.66. The lowest BCUT2D eigenvalue weighted by atomic mass is 10.1. The third-order valence-corrected chi connectivity index (χ3v) is 1.91. The number of anilines is 1. The molecule has 0 fully saturated rings. The predicted molar refractivity (Wildman–Crippen MR) is 54.3 cm³/mol. The molecule has 0 bridgehead atoms. The topological polar surface area (TPSA) is 89.0 Å². The maximum atomic E-state index is 12.5. The minimum atomic E-state index is -2.86. The van der Waals surface area contributed by atoms with Gasteiger partial charge in [0.2, 0.25) is 0 Å². The van der Waals surface area contributed by atoms with Crippen LogP contribution in [-0.4, -0.2) is 17.6 Å². The van der Waals surface area contributed by atoms with Gasteiger partial charge in [0.15, 0.2) is 5.69 Å². The molecule has 1 aromatic heterocycles. The maximum Gasteiger partial charge on any atom is 0.358 e. The summed E-state index contributed by atoms with van der Waals surface area (Å²) in [4.78, 5) is 14.9. The number of rotatable bonds is 3. The highest BCUT2D eigenvalue weighted by Crippen LogP contribution is 2.25. The average molecular weight is 241 g/mol. The van der Waals surface area contributed by atoms with Gasteiger partial charge in [0, 0.05) is 0 Å². The number of halogens is 2. The number of nitrogens with two attached hydrogens (primary N) is 1. The van der Waals surface area contributed by atoms with E-state index in [1.54, 1.807) is 13.0 Å². The summed E-state index contributed by atoms with van der Waals surface area (Å²) in [5.41, 5.74) is 4.06. The summed E-state index contributed by atoms with van der Waals surface area (Å²) >= 11 is 0. The first-order valence-corrected chi connectivity index (χ1v) is 4.67. The Bertz CT molecular complexity index is 483. The summed E-state index contributed by atoms with van der Waals surface area (Å²) in [5.74, 6) is -1.35. The van der Waals surface area contributed by atoms with Crippen molar-refractivity contribution < 1.29 is 18.3 Å². The zero-order valence-corrected chi connectivity index (χ0v) is 8.91. The van der Waals surface area contributed by atoms with Gasteiger partial charge in [-0.05, 0) is 13.0 Å². The van der Waals surface area contributed by atoms with Gasteiger partial charge in [-0.1, -0.05) is 0 Å². The minimum absolute atomic E-state index is 0.0852. The van der Waals surface area contributed by atoms with Crippen LogP contribution in [-0.2, 0) is 4.74 Å². The van der Waals surface area contributed by atoms with Crippen LogP contribution in [0.15, 0.2) is 6.07 Å². The van der Waals surface area contributed by atoms with Crippen LogP contribution in [0.5, 0.6) is 0 Å². The van der Waals surface area contributed by atoms with Crippen molar-refractivity contribution in [3.63, 3.8) is 0 Å². The number of alkyl halides is 2. The maximum absolute atomic E-state index is 12.5. The van der Waals surface area contributed by atoms with Crippen molar-refractivity contribution in [1.82, 2.24) is 4.98 Å². The molecule has 0 aliphatic carbocycles. The van der Waals surface area contributed by atoms with Crippen LogP contribution in [0.25, 0.3) is 0 Å². The van der Waals surface area contributed by atoms with Crippen LogP contribution in [0.4, 0.5) is 14.6 Å². The number of hydrogen-bond acceptors (Lipinski definition) is 5. The molecule has 1 rings (SSSR count). The largest absolute Gasteiger partial charge is 0.461 e. The smallest absolute Gasteiger partial charge is 0.358 e. The second kappa shape index (κ2) is 5.21. The molecule has 1 aromatic rings. The summed E-state index contributed by atoms with van der Waals surface area (Å²) in [6, 6.07) is 2.45. The molecule has 0 aliphatic heterocycles. The lowest BCUT2D eigenvalue weighted by Crippen LogP contribution is -2.12.